The highest BCUT2D eigenvalue weighted by Crippen LogP contribution is 2.31. The molecule has 0 radical (unpaired) electrons. The molecule has 0 N–H and O–H groups in total. The largest absolute Gasteiger partial charge is 0.493 e. The summed E-state index contributed by atoms with van der Waals surface area (Å²) in [7, 11) is 3.15. The van der Waals surface area contributed by atoms with Gasteiger partial charge in [-0.15, -0.1) is 10.2 Å². The first kappa shape index (κ1) is 29.4. The minimum absolute atomic E-state index is 0.0289. The quantitative estimate of drug-likeness (QED) is 0.286. The smallest absolute Gasteiger partial charge is 0.257 e. The molecule has 0 bridgehead atoms. The van der Waals surface area contributed by atoms with E-state index in [1.165, 1.54) is 47.4 Å². The molecule has 222 valence electrons. The third-order valence-electron chi connectivity index (χ3n) is 7.29. The van der Waals surface area contributed by atoms with Crippen molar-refractivity contribution in [3.63, 3.8) is 0 Å². The van der Waals surface area contributed by atoms with Crippen LogP contribution >= 0.6 is 0 Å². The Hall–Kier alpha value is -5.06. The minimum Gasteiger partial charge on any atom is -0.493 e. The van der Waals surface area contributed by atoms with Gasteiger partial charge in [0.05, 0.1) is 25.5 Å². The van der Waals surface area contributed by atoms with Gasteiger partial charge in [0.2, 0.25) is 5.91 Å². The van der Waals surface area contributed by atoms with E-state index in [-0.39, 0.29) is 24.6 Å². The molecule has 9 nitrogen and oxygen atoms in total. The number of hydrogen-bond acceptors (Lipinski definition) is 7. The molecular formula is C32H31F2N5O4. The summed E-state index contributed by atoms with van der Waals surface area (Å²) in [6.45, 7) is 1.66. The molecule has 0 saturated carbocycles. The molecule has 0 spiro atoms. The summed E-state index contributed by atoms with van der Waals surface area (Å²) in [5, 5.41) is 8.78. The number of rotatable bonds is 9. The lowest BCUT2D eigenvalue weighted by molar-refractivity contribution is -0.132. The maximum absolute atomic E-state index is 14.5. The zero-order chi connectivity index (χ0) is 30.3. The third-order valence-corrected chi connectivity index (χ3v) is 7.29. The van der Waals surface area contributed by atoms with Crippen molar-refractivity contribution in [2.45, 2.75) is 6.54 Å². The normalized spacial score (nSPS) is 13.0. The van der Waals surface area contributed by atoms with Crippen molar-refractivity contribution in [2.24, 2.45) is 0 Å². The molecule has 1 saturated heterocycles. The van der Waals surface area contributed by atoms with Crippen LogP contribution < -0.4 is 14.4 Å². The lowest BCUT2D eigenvalue weighted by Crippen LogP contribution is -2.52. The van der Waals surface area contributed by atoms with Gasteiger partial charge in [-0.1, -0.05) is 24.3 Å². The number of aromatic nitrogens is 2. The number of piperazine rings is 1. The van der Waals surface area contributed by atoms with Crippen molar-refractivity contribution >= 4 is 17.6 Å². The molecule has 0 aliphatic carbocycles. The van der Waals surface area contributed by atoms with Gasteiger partial charge in [0.1, 0.15) is 18.2 Å². The first-order valence-electron chi connectivity index (χ1n) is 13.7. The van der Waals surface area contributed by atoms with Gasteiger partial charge in [-0.2, -0.15) is 0 Å². The number of carbonyl (C=O) groups is 2. The topological polar surface area (TPSA) is 88.1 Å². The highest BCUT2D eigenvalue weighted by molar-refractivity contribution is 5.96. The number of amides is 2. The Balaban J connectivity index is 1.23. The molecule has 11 heteroatoms. The average Bonchev–Trinajstić information content (AvgIpc) is 3.05. The second-order valence-electron chi connectivity index (χ2n) is 9.98. The molecule has 0 atom stereocenters. The number of methoxy groups -OCH3 is 2. The Bertz CT molecular complexity index is 1580. The van der Waals surface area contributed by atoms with Crippen LogP contribution in [0, 0.1) is 11.6 Å². The van der Waals surface area contributed by atoms with E-state index in [0.717, 1.165) is 5.56 Å². The first-order valence-corrected chi connectivity index (χ1v) is 13.7. The van der Waals surface area contributed by atoms with Crippen molar-refractivity contribution in [3.05, 3.63) is 102 Å². The predicted molar refractivity (Wildman–Crippen MR) is 157 cm³/mol. The molecular weight excluding hydrogens is 556 g/mol. The van der Waals surface area contributed by atoms with Crippen LogP contribution in [0.1, 0.15) is 15.9 Å². The Morgan fingerprint density at radius 1 is 0.837 bits per heavy atom. The van der Waals surface area contributed by atoms with E-state index < -0.39 is 17.5 Å². The molecule has 5 rings (SSSR count). The molecule has 1 aliphatic rings. The summed E-state index contributed by atoms with van der Waals surface area (Å²) >= 11 is 0. The van der Waals surface area contributed by atoms with Gasteiger partial charge in [0.15, 0.2) is 17.3 Å². The molecule has 43 heavy (non-hydrogen) atoms. The van der Waals surface area contributed by atoms with Gasteiger partial charge < -0.3 is 24.2 Å². The fourth-order valence-electron chi connectivity index (χ4n) is 4.91. The summed E-state index contributed by atoms with van der Waals surface area (Å²) in [6.07, 6.45) is 0. The van der Waals surface area contributed by atoms with Gasteiger partial charge in [0.25, 0.3) is 5.91 Å². The zero-order valence-corrected chi connectivity index (χ0v) is 23.9. The van der Waals surface area contributed by atoms with Crippen LogP contribution in [0.3, 0.4) is 0 Å². The molecule has 2 heterocycles. The van der Waals surface area contributed by atoms with E-state index in [4.69, 9.17) is 9.47 Å². The molecule has 0 unspecified atom stereocenters. The van der Waals surface area contributed by atoms with E-state index in [2.05, 4.69) is 10.2 Å². The van der Waals surface area contributed by atoms with Crippen LogP contribution in [0.4, 0.5) is 14.6 Å². The summed E-state index contributed by atoms with van der Waals surface area (Å²) < 4.78 is 38.6. The fourth-order valence-corrected chi connectivity index (χ4v) is 4.91. The van der Waals surface area contributed by atoms with Crippen molar-refractivity contribution in [3.8, 4) is 22.8 Å². The summed E-state index contributed by atoms with van der Waals surface area (Å²) in [5.74, 6) is -0.0533. The van der Waals surface area contributed by atoms with Gasteiger partial charge in [0, 0.05) is 38.3 Å². The number of carbonyl (C=O) groups excluding carboxylic acids is 2. The van der Waals surface area contributed by atoms with E-state index in [0.29, 0.717) is 54.8 Å². The van der Waals surface area contributed by atoms with Gasteiger partial charge >= 0.3 is 0 Å². The zero-order valence-electron chi connectivity index (χ0n) is 23.9. The lowest BCUT2D eigenvalue weighted by atomic mass is 10.1. The number of anilines is 1. The van der Waals surface area contributed by atoms with Crippen LogP contribution in [-0.4, -0.2) is 78.8 Å². The van der Waals surface area contributed by atoms with Crippen LogP contribution in [-0.2, 0) is 11.3 Å². The number of halogens is 2. The molecule has 2 amide bonds. The predicted octanol–water partition coefficient (Wildman–Crippen LogP) is 4.43. The van der Waals surface area contributed by atoms with Crippen molar-refractivity contribution < 1.29 is 27.8 Å². The van der Waals surface area contributed by atoms with Gasteiger partial charge in [-0.25, -0.2) is 8.78 Å². The maximum atomic E-state index is 14.5. The van der Waals surface area contributed by atoms with Crippen molar-refractivity contribution in [1.29, 1.82) is 0 Å². The Kier molecular flexibility index (Phi) is 9.09. The van der Waals surface area contributed by atoms with Gasteiger partial charge in [-0.3, -0.25) is 9.59 Å². The van der Waals surface area contributed by atoms with E-state index >= 15 is 0 Å². The summed E-state index contributed by atoms with van der Waals surface area (Å²) in [4.78, 5) is 31.6. The Morgan fingerprint density at radius 2 is 1.56 bits per heavy atom. The third kappa shape index (κ3) is 6.88. The van der Waals surface area contributed by atoms with Crippen LogP contribution in [0.2, 0.25) is 0 Å². The SMILES string of the molecule is COc1ccc(-c2ccc(N3CCN(C(=O)CN(Cc4ccc(F)cc4)C(=O)c4ccccc4F)CC3)nn2)cc1OC. The summed E-state index contributed by atoms with van der Waals surface area (Å²) in [6, 6.07) is 20.6. The Labute approximate surface area is 248 Å². The fraction of sp³-hybridized carbons (Fsp3) is 0.250. The molecule has 1 aliphatic heterocycles. The van der Waals surface area contributed by atoms with Crippen LogP contribution in [0.25, 0.3) is 11.3 Å². The number of hydrogen-bond donors (Lipinski definition) is 0. The van der Waals surface area contributed by atoms with E-state index in [9.17, 15) is 18.4 Å². The van der Waals surface area contributed by atoms with E-state index in [1.807, 2.05) is 35.2 Å². The van der Waals surface area contributed by atoms with Gasteiger partial charge in [-0.05, 0) is 60.2 Å². The van der Waals surface area contributed by atoms with Crippen LogP contribution in [0.15, 0.2) is 78.9 Å². The van der Waals surface area contributed by atoms with E-state index in [1.54, 1.807) is 25.2 Å². The second-order valence-corrected chi connectivity index (χ2v) is 9.98. The van der Waals surface area contributed by atoms with Crippen molar-refractivity contribution in [1.82, 2.24) is 20.0 Å². The average molecular weight is 588 g/mol. The number of benzene rings is 3. The molecule has 4 aromatic rings. The second kappa shape index (κ2) is 13.3. The minimum atomic E-state index is -0.670. The standard InChI is InChI=1S/C32H31F2N5O4/c1-42-28-13-9-23(19-29(28)43-2)27-12-14-30(36-35-27)37-15-17-38(18-16-37)31(40)21-39(20-22-7-10-24(33)11-8-22)32(41)25-5-3-4-6-26(25)34/h3-14,19H,15-18,20-21H2,1-2H3. The molecule has 1 aromatic heterocycles. The highest BCUT2D eigenvalue weighted by Gasteiger charge is 2.27. The monoisotopic (exact) mass is 587 g/mol. The molecule has 1 fully saturated rings. The first-order chi connectivity index (χ1) is 20.9. The lowest BCUT2D eigenvalue weighted by Gasteiger charge is -2.36. The van der Waals surface area contributed by atoms with Crippen molar-refractivity contribution in [2.75, 3.05) is 51.8 Å². The maximum Gasteiger partial charge on any atom is 0.257 e. The molecule has 3 aromatic carbocycles. The highest BCUT2D eigenvalue weighted by atomic mass is 19.1. The van der Waals surface area contributed by atoms with Crippen LogP contribution in [0.5, 0.6) is 11.5 Å². The summed E-state index contributed by atoms with van der Waals surface area (Å²) in [5.41, 5.74) is 2.01. The Morgan fingerprint density at radius 3 is 2.21 bits per heavy atom. The number of ether oxygens (including phenoxy) is 2. The number of nitrogens with zero attached hydrogens (tertiary/aromatic N) is 5.